The number of aromatic nitrogens is 2. The van der Waals surface area contributed by atoms with E-state index in [9.17, 15) is 13.2 Å². The Morgan fingerprint density at radius 3 is 2.40 bits per heavy atom. The maximum absolute atomic E-state index is 12.1. The molecular formula is C17H13F3N4O. The number of hydrogen-bond acceptors (Lipinski definition) is 5. The first kappa shape index (κ1) is 16.7. The van der Waals surface area contributed by atoms with Crippen molar-refractivity contribution in [2.75, 3.05) is 12.1 Å². The first-order chi connectivity index (χ1) is 11.9. The van der Waals surface area contributed by atoms with Gasteiger partial charge in [-0.25, -0.2) is 9.99 Å². The summed E-state index contributed by atoms with van der Waals surface area (Å²) in [6, 6.07) is 12.9. The van der Waals surface area contributed by atoms with Gasteiger partial charge in [0.2, 0.25) is 0 Å². The molecule has 2 aromatic carbocycles. The van der Waals surface area contributed by atoms with Gasteiger partial charge in [-0.15, -0.1) is 13.2 Å². The molecule has 0 radical (unpaired) electrons. The lowest BCUT2D eigenvalue weighted by Crippen LogP contribution is -2.17. The highest BCUT2D eigenvalue weighted by molar-refractivity contribution is 5.81. The van der Waals surface area contributed by atoms with E-state index in [1.54, 1.807) is 13.2 Å². The van der Waals surface area contributed by atoms with E-state index in [4.69, 9.17) is 0 Å². The fourth-order valence-electron chi connectivity index (χ4n) is 2.07. The number of ether oxygens (including phenoxy) is 1. The molecule has 0 fully saturated rings. The zero-order valence-electron chi connectivity index (χ0n) is 13.1. The van der Waals surface area contributed by atoms with E-state index in [-0.39, 0.29) is 5.75 Å². The summed E-state index contributed by atoms with van der Waals surface area (Å²) < 4.78 is 40.2. The van der Waals surface area contributed by atoms with E-state index in [1.165, 1.54) is 35.5 Å². The van der Waals surface area contributed by atoms with Crippen molar-refractivity contribution >= 4 is 23.1 Å². The zero-order valence-corrected chi connectivity index (χ0v) is 13.1. The van der Waals surface area contributed by atoms with Gasteiger partial charge in [0.1, 0.15) is 5.75 Å². The van der Waals surface area contributed by atoms with Crippen LogP contribution >= 0.6 is 0 Å². The van der Waals surface area contributed by atoms with Crippen molar-refractivity contribution in [2.24, 2.45) is 5.10 Å². The van der Waals surface area contributed by atoms with Crippen molar-refractivity contribution in [3.63, 3.8) is 0 Å². The Hall–Kier alpha value is -3.16. The van der Waals surface area contributed by atoms with Crippen LogP contribution in [-0.2, 0) is 0 Å². The molecule has 1 heterocycles. The van der Waals surface area contributed by atoms with Gasteiger partial charge in [-0.1, -0.05) is 12.1 Å². The Morgan fingerprint density at radius 2 is 1.72 bits per heavy atom. The van der Waals surface area contributed by atoms with Crippen LogP contribution in [0.4, 0.5) is 19.0 Å². The van der Waals surface area contributed by atoms with Crippen LogP contribution in [0, 0.1) is 0 Å². The van der Waals surface area contributed by atoms with Gasteiger partial charge in [0.25, 0.3) is 0 Å². The lowest BCUT2D eigenvalue weighted by Gasteiger charge is -2.12. The molecular weight excluding hydrogens is 333 g/mol. The molecule has 3 aromatic rings. The summed E-state index contributed by atoms with van der Waals surface area (Å²) in [5.74, 6) is 0.269. The van der Waals surface area contributed by atoms with Crippen molar-refractivity contribution in [1.82, 2.24) is 9.97 Å². The molecule has 0 aliphatic rings. The van der Waals surface area contributed by atoms with Crippen molar-refractivity contribution < 1.29 is 17.9 Å². The zero-order chi connectivity index (χ0) is 17.9. The fraction of sp³-hybridized carbons (Fsp3) is 0.118. The number of halogens is 3. The summed E-state index contributed by atoms with van der Waals surface area (Å²) in [7, 11) is 1.70. The number of nitrogens with zero attached hydrogens (tertiary/aromatic N) is 4. The first-order valence-corrected chi connectivity index (χ1v) is 7.26. The maximum atomic E-state index is 12.1. The van der Waals surface area contributed by atoms with Gasteiger partial charge in [-0.3, -0.25) is 4.98 Å². The van der Waals surface area contributed by atoms with Gasteiger partial charge in [-0.05, 0) is 42.0 Å². The molecule has 0 unspecified atom stereocenters. The summed E-state index contributed by atoms with van der Waals surface area (Å²) in [5.41, 5.74) is 2.15. The van der Waals surface area contributed by atoms with Gasteiger partial charge >= 0.3 is 6.36 Å². The van der Waals surface area contributed by atoms with Crippen LogP contribution in [0.1, 0.15) is 5.56 Å². The minimum Gasteiger partial charge on any atom is -0.406 e. The molecule has 0 amide bonds. The second-order valence-corrected chi connectivity index (χ2v) is 5.10. The highest BCUT2D eigenvalue weighted by Crippen LogP contribution is 2.22. The maximum Gasteiger partial charge on any atom is 0.573 e. The van der Waals surface area contributed by atoms with Crippen LogP contribution in [0.25, 0.3) is 11.0 Å². The number of fused-ring (bicyclic) bond motifs is 1. The van der Waals surface area contributed by atoms with Crippen LogP contribution in [0.2, 0.25) is 0 Å². The minimum atomic E-state index is -4.70. The van der Waals surface area contributed by atoms with Gasteiger partial charge in [0, 0.05) is 7.05 Å². The third kappa shape index (κ3) is 4.43. The monoisotopic (exact) mass is 346 g/mol. The number of hydrazone groups is 1. The van der Waals surface area contributed by atoms with Crippen molar-refractivity contribution in [2.45, 2.75) is 6.36 Å². The second-order valence-electron chi connectivity index (χ2n) is 5.10. The number of rotatable bonds is 4. The average molecular weight is 346 g/mol. The van der Waals surface area contributed by atoms with E-state index >= 15 is 0 Å². The smallest absolute Gasteiger partial charge is 0.406 e. The van der Waals surface area contributed by atoms with Gasteiger partial charge in [0.05, 0.1) is 23.4 Å². The molecule has 0 N–H and O–H groups in total. The van der Waals surface area contributed by atoms with Gasteiger partial charge < -0.3 is 4.74 Å². The van der Waals surface area contributed by atoms with Crippen molar-refractivity contribution in [3.05, 3.63) is 60.3 Å². The standard InChI is InChI=1S/C17H13F3N4O/c1-24(16-11-21-14-4-2-3-5-15(14)23-16)22-10-12-6-8-13(9-7-12)25-17(18,19)20/h2-11H,1H3/b22-10-. The van der Waals surface area contributed by atoms with Crippen LogP contribution in [0.3, 0.4) is 0 Å². The largest absolute Gasteiger partial charge is 0.573 e. The molecule has 1 aromatic heterocycles. The first-order valence-electron chi connectivity index (χ1n) is 7.26. The summed E-state index contributed by atoms with van der Waals surface area (Å²) >= 11 is 0. The molecule has 0 spiro atoms. The van der Waals surface area contributed by atoms with Crippen LogP contribution in [0.5, 0.6) is 5.75 Å². The van der Waals surface area contributed by atoms with Crippen molar-refractivity contribution in [3.8, 4) is 5.75 Å². The quantitative estimate of drug-likeness (QED) is 0.529. The van der Waals surface area contributed by atoms with Gasteiger partial charge in [0.15, 0.2) is 5.82 Å². The van der Waals surface area contributed by atoms with E-state index in [0.29, 0.717) is 11.4 Å². The molecule has 0 aliphatic carbocycles. The summed E-state index contributed by atoms with van der Waals surface area (Å²) in [6.45, 7) is 0. The van der Waals surface area contributed by atoms with Crippen LogP contribution in [0.15, 0.2) is 59.8 Å². The summed E-state index contributed by atoms with van der Waals surface area (Å²) in [6.07, 6.45) is -1.60. The molecule has 128 valence electrons. The van der Waals surface area contributed by atoms with Crippen molar-refractivity contribution in [1.29, 1.82) is 0 Å². The molecule has 3 rings (SSSR count). The Balaban J connectivity index is 1.71. The fourth-order valence-corrected chi connectivity index (χ4v) is 2.07. The van der Waals surface area contributed by atoms with E-state index in [2.05, 4.69) is 19.8 Å². The Morgan fingerprint density at radius 1 is 1.04 bits per heavy atom. The second kappa shape index (κ2) is 6.76. The Labute approximate surface area is 141 Å². The number of alkyl halides is 3. The molecule has 0 aliphatic heterocycles. The number of anilines is 1. The molecule has 8 heteroatoms. The number of benzene rings is 2. The topological polar surface area (TPSA) is 50.6 Å². The SMILES string of the molecule is CN(/N=C\c1ccc(OC(F)(F)F)cc1)c1cnc2ccccc2n1. The highest BCUT2D eigenvalue weighted by Gasteiger charge is 2.30. The number of hydrogen-bond donors (Lipinski definition) is 0. The third-order valence-electron chi connectivity index (χ3n) is 3.26. The Kier molecular flexibility index (Phi) is 4.51. The summed E-state index contributed by atoms with van der Waals surface area (Å²) in [5, 5.41) is 5.75. The Bertz CT molecular complexity index is 894. The molecule has 0 bridgehead atoms. The molecule has 0 atom stereocenters. The summed E-state index contributed by atoms with van der Waals surface area (Å²) in [4.78, 5) is 8.75. The van der Waals surface area contributed by atoms with E-state index in [1.807, 2.05) is 24.3 Å². The minimum absolute atomic E-state index is 0.279. The van der Waals surface area contributed by atoms with Gasteiger partial charge in [-0.2, -0.15) is 5.10 Å². The predicted molar refractivity (Wildman–Crippen MR) is 88.7 cm³/mol. The number of para-hydroxylation sites is 2. The molecule has 5 nitrogen and oxygen atoms in total. The average Bonchev–Trinajstić information content (AvgIpc) is 2.59. The molecule has 0 saturated carbocycles. The lowest BCUT2D eigenvalue weighted by molar-refractivity contribution is -0.274. The lowest BCUT2D eigenvalue weighted by atomic mass is 10.2. The van der Waals surface area contributed by atoms with Crippen LogP contribution < -0.4 is 9.75 Å². The normalized spacial score (nSPS) is 11.8. The van der Waals surface area contributed by atoms with Crippen LogP contribution in [-0.4, -0.2) is 29.6 Å². The third-order valence-corrected chi connectivity index (χ3v) is 3.26. The molecule has 25 heavy (non-hydrogen) atoms. The highest BCUT2D eigenvalue weighted by atomic mass is 19.4. The van der Waals surface area contributed by atoms with E-state index < -0.39 is 6.36 Å². The van der Waals surface area contributed by atoms with E-state index in [0.717, 1.165) is 11.0 Å². The predicted octanol–water partition coefficient (Wildman–Crippen LogP) is 4.00. The molecule has 0 saturated heterocycles.